The van der Waals surface area contributed by atoms with Crippen LogP contribution in [0, 0.1) is 10.1 Å². The predicted octanol–water partition coefficient (Wildman–Crippen LogP) is 2.48. The lowest BCUT2D eigenvalue weighted by Crippen LogP contribution is -2.52. The van der Waals surface area contributed by atoms with Crippen LogP contribution in [0.25, 0.3) is 0 Å². The first-order valence-corrected chi connectivity index (χ1v) is 10.7. The number of carbonyl (C=O) groups excluding carboxylic acids is 1. The molecule has 0 aliphatic carbocycles. The van der Waals surface area contributed by atoms with Gasteiger partial charge in [0.15, 0.2) is 9.84 Å². The summed E-state index contributed by atoms with van der Waals surface area (Å²) >= 11 is 0. The lowest BCUT2D eigenvalue weighted by Gasteiger charge is -2.36. The average Bonchev–Trinajstić information content (AvgIpc) is 2.65. The van der Waals surface area contributed by atoms with Gasteiger partial charge in [-0.05, 0) is 25.5 Å². The fourth-order valence-corrected chi connectivity index (χ4v) is 4.53. The highest BCUT2D eigenvalue weighted by Crippen LogP contribution is 2.36. The highest BCUT2D eigenvalue weighted by molar-refractivity contribution is 7.92. The number of piperazine rings is 1. The highest BCUT2D eigenvalue weighted by Gasteiger charge is 2.36. The van der Waals surface area contributed by atoms with Crippen LogP contribution < -0.4 is 4.90 Å². The predicted molar refractivity (Wildman–Crippen MR) is 100 cm³/mol. The van der Waals surface area contributed by atoms with Gasteiger partial charge in [-0.1, -0.05) is 6.92 Å². The molecule has 1 atom stereocenters. The second kappa shape index (κ2) is 8.56. The zero-order valence-electron chi connectivity index (χ0n) is 16.0. The molecular formula is C17H22F3N3O5S. The van der Waals surface area contributed by atoms with Gasteiger partial charge in [0.25, 0.3) is 5.69 Å². The molecule has 1 aliphatic rings. The third-order valence-electron chi connectivity index (χ3n) is 4.81. The molecule has 0 N–H and O–H groups in total. The summed E-state index contributed by atoms with van der Waals surface area (Å²) in [6, 6.07) is 2.32. The van der Waals surface area contributed by atoms with E-state index < -0.39 is 43.3 Å². The van der Waals surface area contributed by atoms with Crippen LogP contribution in [0.15, 0.2) is 18.2 Å². The number of nitro benzene ring substituents is 1. The Morgan fingerprint density at radius 2 is 1.83 bits per heavy atom. The number of hydrogen-bond donors (Lipinski definition) is 0. The van der Waals surface area contributed by atoms with Crippen molar-refractivity contribution >= 4 is 27.1 Å². The van der Waals surface area contributed by atoms with Crippen LogP contribution in [-0.2, 0) is 20.8 Å². The van der Waals surface area contributed by atoms with E-state index >= 15 is 0 Å². The van der Waals surface area contributed by atoms with Crippen LogP contribution >= 0.6 is 0 Å². The Bertz CT molecular complexity index is 881. The molecule has 1 amide bonds. The molecule has 1 fully saturated rings. The van der Waals surface area contributed by atoms with Gasteiger partial charge in [-0.25, -0.2) is 8.42 Å². The van der Waals surface area contributed by atoms with E-state index in [2.05, 4.69) is 0 Å². The zero-order chi connectivity index (χ0) is 22.0. The Morgan fingerprint density at radius 1 is 1.24 bits per heavy atom. The Kier molecular flexibility index (Phi) is 6.76. The summed E-state index contributed by atoms with van der Waals surface area (Å²) in [6.45, 7) is 3.54. The van der Waals surface area contributed by atoms with Gasteiger partial charge in [-0.2, -0.15) is 13.2 Å². The molecule has 1 aliphatic heterocycles. The summed E-state index contributed by atoms with van der Waals surface area (Å²) in [5.74, 6) is -0.641. The van der Waals surface area contributed by atoms with Crippen LogP contribution in [0.3, 0.4) is 0 Å². The van der Waals surface area contributed by atoms with E-state index in [4.69, 9.17) is 0 Å². The van der Waals surface area contributed by atoms with Gasteiger partial charge in [0.1, 0.15) is 10.9 Å². The lowest BCUT2D eigenvalue weighted by molar-refractivity contribution is -0.384. The monoisotopic (exact) mass is 437 g/mol. The van der Waals surface area contributed by atoms with Gasteiger partial charge < -0.3 is 9.80 Å². The van der Waals surface area contributed by atoms with Crippen molar-refractivity contribution in [2.24, 2.45) is 0 Å². The van der Waals surface area contributed by atoms with E-state index in [0.29, 0.717) is 12.5 Å². The number of halogens is 3. The number of hydrogen-bond acceptors (Lipinski definition) is 6. The van der Waals surface area contributed by atoms with Gasteiger partial charge in [0, 0.05) is 32.2 Å². The number of carbonyl (C=O) groups is 1. The minimum absolute atomic E-state index is 0.0294. The Hall–Kier alpha value is -2.37. The topological polar surface area (TPSA) is 101 Å². The van der Waals surface area contributed by atoms with Crippen molar-refractivity contribution in [1.29, 1.82) is 0 Å². The molecule has 8 nitrogen and oxygen atoms in total. The maximum Gasteiger partial charge on any atom is 0.416 e. The van der Waals surface area contributed by atoms with E-state index in [1.165, 1.54) is 16.7 Å². The first-order valence-electron chi connectivity index (χ1n) is 8.99. The molecule has 1 heterocycles. The fraction of sp³-hybridized carbons (Fsp3) is 0.588. The van der Waals surface area contributed by atoms with Crippen LogP contribution in [0.2, 0.25) is 0 Å². The number of amides is 1. The molecule has 0 radical (unpaired) electrons. The standard InChI is InChI=1S/C17H22F3N3O5S/c1-3-10-29(27,28)12(2)16(24)22-8-6-21(7-9-22)14-5-4-13(17(18,19)20)11-15(14)23(25)26/h4-5,11-12H,3,6-10H2,1-2H3. The summed E-state index contributed by atoms with van der Waals surface area (Å²) < 4.78 is 62.7. The van der Waals surface area contributed by atoms with Crippen molar-refractivity contribution in [1.82, 2.24) is 4.90 Å². The maximum atomic E-state index is 12.8. The van der Waals surface area contributed by atoms with E-state index in [-0.39, 0.29) is 37.6 Å². The number of benzene rings is 1. The third kappa shape index (κ3) is 5.17. The number of nitrogens with zero attached hydrogens (tertiary/aromatic N) is 3. The third-order valence-corrected chi connectivity index (χ3v) is 7.06. The molecule has 1 saturated heterocycles. The number of alkyl halides is 3. The summed E-state index contributed by atoms with van der Waals surface area (Å²) in [5, 5.41) is 10.1. The first kappa shape index (κ1) is 22.9. The van der Waals surface area contributed by atoms with Gasteiger partial charge in [0.2, 0.25) is 5.91 Å². The van der Waals surface area contributed by atoms with E-state index in [1.54, 1.807) is 6.92 Å². The van der Waals surface area contributed by atoms with Crippen molar-refractivity contribution in [3.05, 3.63) is 33.9 Å². The molecule has 162 valence electrons. The normalized spacial score (nSPS) is 16.6. The SMILES string of the molecule is CCCS(=O)(=O)C(C)C(=O)N1CCN(c2ccc(C(F)(F)F)cc2[N+](=O)[O-])CC1. The maximum absolute atomic E-state index is 12.8. The van der Waals surface area contributed by atoms with Gasteiger partial charge >= 0.3 is 6.18 Å². The molecule has 29 heavy (non-hydrogen) atoms. The van der Waals surface area contributed by atoms with Gasteiger partial charge in [-0.15, -0.1) is 0 Å². The van der Waals surface area contributed by atoms with Crippen LogP contribution in [0.1, 0.15) is 25.8 Å². The highest BCUT2D eigenvalue weighted by atomic mass is 32.2. The minimum Gasteiger partial charge on any atom is -0.362 e. The van der Waals surface area contributed by atoms with Crippen molar-refractivity contribution in [2.45, 2.75) is 31.7 Å². The smallest absolute Gasteiger partial charge is 0.362 e. The van der Waals surface area contributed by atoms with E-state index in [9.17, 15) is 36.5 Å². The van der Waals surface area contributed by atoms with E-state index in [0.717, 1.165) is 12.1 Å². The summed E-state index contributed by atoms with van der Waals surface area (Å²) in [4.78, 5) is 25.8. The van der Waals surface area contributed by atoms with Gasteiger partial charge in [-0.3, -0.25) is 14.9 Å². The molecule has 0 aromatic heterocycles. The summed E-state index contributed by atoms with van der Waals surface area (Å²) in [5.41, 5.74) is -1.75. The zero-order valence-corrected chi connectivity index (χ0v) is 16.8. The van der Waals surface area contributed by atoms with Crippen LogP contribution in [0.4, 0.5) is 24.5 Å². The Labute approximate surface area is 166 Å². The molecule has 0 saturated carbocycles. The molecule has 1 aromatic rings. The fourth-order valence-electron chi connectivity index (χ4n) is 3.15. The number of anilines is 1. The van der Waals surface area contributed by atoms with Gasteiger partial charge in [0.05, 0.1) is 16.2 Å². The molecule has 0 spiro atoms. The molecule has 1 aromatic carbocycles. The van der Waals surface area contributed by atoms with Crippen molar-refractivity contribution in [3.8, 4) is 0 Å². The van der Waals surface area contributed by atoms with E-state index in [1.807, 2.05) is 0 Å². The Balaban J connectivity index is 2.15. The average molecular weight is 437 g/mol. The molecule has 0 bridgehead atoms. The molecule has 12 heteroatoms. The largest absolute Gasteiger partial charge is 0.416 e. The second-order valence-corrected chi connectivity index (χ2v) is 9.22. The van der Waals surface area contributed by atoms with Crippen LogP contribution in [-0.4, -0.2) is 61.3 Å². The molecule has 2 rings (SSSR count). The van der Waals surface area contributed by atoms with Crippen molar-refractivity contribution in [2.75, 3.05) is 36.8 Å². The van der Waals surface area contributed by atoms with Crippen molar-refractivity contribution < 1.29 is 31.3 Å². The summed E-state index contributed by atoms with van der Waals surface area (Å²) in [7, 11) is -3.56. The Morgan fingerprint density at radius 3 is 2.31 bits per heavy atom. The number of sulfone groups is 1. The second-order valence-electron chi connectivity index (χ2n) is 6.78. The minimum atomic E-state index is -4.70. The first-order chi connectivity index (χ1) is 13.4. The summed E-state index contributed by atoms with van der Waals surface area (Å²) in [6.07, 6.45) is -4.31. The number of rotatable bonds is 6. The lowest BCUT2D eigenvalue weighted by atomic mass is 10.1. The molecular weight excluding hydrogens is 415 g/mol. The quantitative estimate of drug-likeness (QED) is 0.501. The van der Waals surface area contributed by atoms with Crippen molar-refractivity contribution in [3.63, 3.8) is 0 Å². The number of nitro groups is 1. The molecule has 1 unspecified atom stereocenters. The van der Waals surface area contributed by atoms with Crippen LogP contribution in [0.5, 0.6) is 0 Å².